The van der Waals surface area contributed by atoms with Crippen LogP contribution in [0, 0.1) is 0 Å². The summed E-state index contributed by atoms with van der Waals surface area (Å²) in [6, 6.07) is 9.63. The summed E-state index contributed by atoms with van der Waals surface area (Å²) in [5, 5.41) is 3.69. The summed E-state index contributed by atoms with van der Waals surface area (Å²) >= 11 is 17.7. The first-order chi connectivity index (χ1) is 8.99. The molecule has 0 spiro atoms. The van der Waals surface area contributed by atoms with Gasteiger partial charge in [-0.2, -0.15) is 0 Å². The number of hydrogen-bond donors (Lipinski definition) is 2. The van der Waals surface area contributed by atoms with Crippen LogP contribution in [-0.4, -0.2) is 5.91 Å². The van der Waals surface area contributed by atoms with E-state index >= 15 is 0 Å². The number of carbonyl (C=O) groups is 1. The number of nitrogen functional groups attached to an aromatic ring is 1. The van der Waals surface area contributed by atoms with Crippen LogP contribution < -0.4 is 11.1 Å². The predicted molar refractivity (Wildman–Crippen MR) is 80.3 cm³/mol. The summed E-state index contributed by atoms with van der Waals surface area (Å²) in [4.78, 5) is 12.1. The highest BCUT2D eigenvalue weighted by Crippen LogP contribution is 2.27. The van der Waals surface area contributed by atoms with Gasteiger partial charge in [0.15, 0.2) is 0 Å². The van der Waals surface area contributed by atoms with Gasteiger partial charge in [-0.1, -0.05) is 40.9 Å². The average molecular weight is 316 g/mol. The first-order valence-corrected chi connectivity index (χ1v) is 6.43. The molecule has 0 radical (unpaired) electrons. The lowest BCUT2D eigenvalue weighted by molar-refractivity contribution is 0.102. The topological polar surface area (TPSA) is 55.1 Å². The van der Waals surface area contributed by atoms with E-state index in [-0.39, 0.29) is 15.6 Å². The van der Waals surface area contributed by atoms with E-state index in [4.69, 9.17) is 40.5 Å². The minimum absolute atomic E-state index is 0.209. The van der Waals surface area contributed by atoms with Crippen LogP contribution in [0.1, 0.15) is 10.4 Å². The van der Waals surface area contributed by atoms with E-state index in [1.807, 2.05) is 0 Å². The number of halogens is 3. The van der Waals surface area contributed by atoms with Crippen molar-refractivity contribution in [1.29, 1.82) is 0 Å². The van der Waals surface area contributed by atoms with Gasteiger partial charge >= 0.3 is 0 Å². The molecule has 0 bridgehead atoms. The third kappa shape index (κ3) is 3.13. The highest BCUT2D eigenvalue weighted by Gasteiger charge is 2.15. The molecular weight excluding hydrogens is 307 g/mol. The van der Waals surface area contributed by atoms with Gasteiger partial charge in [-0.25, -0.2) is 0 Å². The Hall–Kier alpha value is -1.42. The molecule has 2 rings (SSSR count). The second-order valence-electron chi connectivity index (χ2n) is 3.78. The van der Waals surface area contributed by atoms with E-state index in [2.05, 4.69) is 5.32 Å². The van der Waals surface area contributed by atoms with Gasteiger partial charge in [0.1, 0.15) is 0 Å². The van der Waals surface area contributed by atoms with Crippen LogP contribution in [0.5, 0.6) is 0 Å². The normalized spacial score (nSPS) is 10.3. The number of carbonyl (C=O) groups excluding carboxylic acids is 1. The second kappa shape index (κ2) is 5.70. The van der Waals surface area contributed by atoms with Crippen LogP contribution in [0.3, 0.4) is 0 Å². The molecule has 3 nitrogen and oxygen atoms in total. The molecule has 0 aliphatic rings. The number of rotatable bonds is 2. The van der Waals surface area contributed by atoms with Gasteiger partial charge in [-0.3, -0.25) is 4.79 Å². The SMILES string of the molecule is Nc1cc(Cl)ccc1NC(=O)c1c(Cl)cccc1Cl. The minimum Gasteiger partial charge on any atom is -0.397 e. The van der Waals surface area contributed by atoms with E-state index in [0.29, 0.717) is 16.4 Å². The highest BCUT2D eigenvalue weighted by atomic mass is 35.5. The van der Waals surface area contributed by atoms with E-state index < -0.39 is 5.91 Å². The third-order valence-electron chi connectivity index (χ3n) is 2.45. The van der Waals surface area contributed by atoms with Gasteiger partial charge in [0, 0.05) is 5.02 Å². The molecule has 6 heteroatoms. The van der Waals surface area contributed by atoms with Gasteiger partial charge < -0.3 is 11.1 Å². The Bertz CT molecular complexity index is 624. The second-order valence-corrected chi connectivity index (χ2v) is 5.03. The third-order valence-corrected chi connectivity index (χ3v) is 3.32. The molecule has 0 aromatic heterocycles. The first kappa shape index (κ1) is 14.0. The molecule has 0 saturated carbocycles. The summed E-state index contributed by atoms with van der Waals surface area (Å²) in [5.74, 6) is -0.426. The van der Waals surface area contributed by atoms with Crippen molar-refractivity contribution >= 4 is 52.1 Å². The number of anilines is 2. The number of nitrogens with two attached hydrogens (primary N) is 1. The Morgan fingerprint density at radius 3 is 2.26 bits per heavy atom. The van der Waals surface area contributed by atoms with Gasteiger partial charge in [0.2, 0.25) is 0 Å². The quantitative estimate of drug-likeness (QED) is 0.803. The lowest BCUT2D eigenvalue weighted by atomic mass is 10.2. The lowest BCUT2D eigenvalue weighted by Crippen LogP contribution is -2.14. The van der Waals surface area contributed by atoms with Crippen LogP contribution in [0.2, 0.25) is 15.1 Å². The molecule has 0 heterocycles. The lowest BCUT2D eigenvalue weighted by Gasteiger charge is -2.10. The fourth-order valence-electron chi connectivity index (χ4n) is 1.55. The smallest absolute Gasteiger partial charge is 0.258 e. The van der Waals surface area contributed by atoms with Crippen LogP contribution in [0.15, 0.2) is 36.4 Å². The molecule has 98 valence electrons. The Morgan fingerprint density at radius 1 is 1.05 bits per heavy atom. The number of benzene rings is 2. The molecule has 0 aliphatic carbocycles. The minimum atomic E-state index is -0.426. The molecule has 0 aliphatic heterocycles. The average Bonchev–Trinajstić information content (AvgIpc) is 2.32. The van der Waals surface area contributed by atoms with Gasteiger partial charge in [-0.05, 0) is 30.3 Å². The van der Waals surface area contributed by atoms with Crippen LogP contribution in [0.25, 0.3) is 0 Å². The Morgan fingerprint density at radius 2 is 1.68 bits per heavy atom. The van der Waals surface area contributed by atoms with Crippen molar-refractivity contribution < 1.29 is 4.79 Å². The van der Waals surface area contributed by atoms with Gasteiger partial charge in [-0.15, -0.1) is 0 Å². The van der Waals surface area contributed by atoms with Crippen LogP contribution in [-0.2, 0) is 0 Å². The number of hydrogen-bond acceptors (Lipinski definition) is 2. The zero-order chi connectivity index (χ0) is 14.0. The fourth-order valence-corrected chi connectivity index (χ4v) is 2.30. The van der Waals surface area contributed by atoms with Crippen LogP contribution >= 0.6 is 34.8 Å². The Kier molecular flexibility index (Phi) is 4.20. The van der Waals surface area contributed by atoms with Crippen molar-refractivity contribution in [2.24, 2.45) is 0 Å². The molecule has 1 amide bonds. The summed E-state index contributed by atoms with van der Waals surface area (Å²) in [7, 11) is 0. The summed E-state index contributed by atoms with van der Waals surface area (Å²) in [6.45, 7) is 0. The van der Waals surface area contributed by atoms with Crippen molar-refractivity contribution in [2.45, 2.75) is 0 Å². The molecule has 2 aromatic rings. The van der Waals surface area contributed by atoms with Crippen molar-refractivity contribution in [3.05, 3.63) is 57.0 Å². The maximum Gasteiger partial charge on any atom is 0.258 e. The fraction of sp³-hybridized carbons (Fsp3) is 0. The zero-order valence-electron chi connectivity index (χ0n) is 9.58. The molecule has 0 fully saturated rings. The Balaban J connectivity index is 2.31. The highest BCUT2D eigenvalue weighted by molar-refractivity contribution is 6.40. The van der Waals surface area contributed by atoms with Crippen LogP contribution in [0.4, 0.5) is 11.4 Å². The van der Waals surface area contributed by atoms with Crippen molar-refractivity contribution in [1.82, 2.24) is 0 Å². The van der Waals surface area contributed by atoms with Crippen molar-refractivity contribution in [2.75, 3.05) is 11.1 Å². The molecule has 0 unspecified atom stereocenters. The molecule has 19 heavy (non-hydrogen) atoms. The predicted octanol–water partition coefficient (Wildman–Crippen LogP) is 4.48. The van der Waals surface area contributed by atoms with E-state index in [9.17, 15) is 4.79 Å². The summed E-state index contributed by atoms with van der Waals surface area (Å²) in [5.41, 5.74) is 6.78. The van der Waals surface area contributed by atoms with E-state index in [1.165, 1.54) is 0 Å². The molecular formula is C13H9Cl3N2O. The zero-order valence-corrected chi connectivity index (χ0v) is 11.9. The van der Waals surface area contributed by atoms with E-state index in [0.717, 1.165) is 0 Å². The van der Waals surface area contributed by atoms with Gasteiger partial charge in [0.25, 0.3) is 5.91 Å². The molecule has 0 saturated heterocycles. The number of amides is 1. The van der Waals surface area contributed by atoms with Crippen molar-refractivity contribution in [3.63, 3.8) is 0 Å². The number of nitrogens with one attached hydrogen (secondary N) is 1. The summed E-state index contributed by atoms with van der Waals surface area (Å²) < 4.78 is 0. The Labute approximate surface area is 125 Å². The van der Waals surface area contributed by atoms with Crippen molar-refractivity contribution in [3.8, 4) is 0 Å². The van der Waals surface area contributed by atoms with E-state index in [1.54, 1.807) is 36.4 Å². The first-order valence-electron chi connectivity index (χ1n) is 5.29. The monoisotopic (exact) mass is 314 g/mol. The maximum atomic E-state index is 12.1. The van der Waals surface area contributed by atoms with Gasteiger partial charge in [0.05, 0.1) is 27.0 Å². The summed E-state index contributed by atoms with van der Waals surface area (Å²) in [6.07, 6.45) is 0. The molecule has 3 N–H and O–H groups in total. The molecule has 2 aromatic carbocycles. The standard InChI is InChI=1S/C13H9Cl3N2O/c14-7-4-5-11(10(17)6-7)18-13(19)12-8(15)2-1-3-9(12)16/h1-6H,17H2,(H,18,19). The molecule has 0 atom stereocenters. The maximum absolute atomic E-state index is 12.1. The largest absolute Gasteiger partial charge is 0.397 e.